The quantitative estimate of drug-likeness (QED) is 0.890. The largest absolute Gasteiger partial charge is 0.308 e. The van der Waals surface area contributed by atoms with Crippen molar-refractivity contribution in [1.29, 1.82) is 0 Å². The molecule has 1 fully saturated rings. The number of carbonyl (C=O) groups is 1. The van der Waals surface area contributed by atoms with Gasteiger partial charge in [0.1, 0.15) is 5.82 Å². The van der Waals surface area contributed by atoms with Crippen LogP contribution >= 0.6 is 15.9 Å². The minimum Gasteiger partial charge on any atom is -0.308 e. The summed E-state index contributed by atoms with van der Waals surface area (Å²) < 4.78 is 15.4. The van der Waals surface area contributed by atoms with Crippen molar-refractivity contribution in [2.45, 2.75) is 32.2 Å². The number of halogens is 2. The lowest BCUT2D eigenvalue weighted by molar-refractivity contribution is -0.119. The summed E-state index contributed by atoms with van der Waals surface area (Å²) >= 11 is 3.42. The SMILES string of the molecule is O=C(Nc1nn(Cc2ccc(F)cc2)cc1Br)C1CCCC1. The summed E-state index contributed by atoms with van der Waals surface area (Å²) in [6, 6.07) is 6.30. The van der Waals surface area contributed by atoms with E-state index in [0.29, 0.717) is 12.4 Å². The fraction of sp³-hybridized carbons (Fsp3) is 0.375. The minimum atomic E-state index is -0.255. The van der Waals surface area contributed by atoms with Crippen molar-refractivity contribution in [2.75, 3.05) is 5.32 Å². The molecule has 0 atom stereocenters. The fourth-order valence-electron chi connectivity index (χ4n) is 2.75. The molecule has 1 aliphatic rings. The zero-order valence-corrected chi connectivity index (χ0v) is 13.6. The van der Waals surface area contributed by atoms with Crippen LogP contribution in [0.2, 0.25) is 0 Å². The van der Waals surface area contributed by atoms with Gasteiger partial charge in [-0.15, -0.1) is 0 Å². The maximum absolute atomic E-state index is 12.9. The van der Waals surface area contributed by atoms with Crippen LogP contribution in [0, 0.1) is 11.7 Å². The van der Waals surface area contributed by atoms with E-state index in [1.807, 2.05) is 6.20 Å². The number of hydrogen-bond donors (Lipinski definition) is 1. The van der Waals surface area contributed by atoms with Gasteiger partial charge in [0.25, 0.3) is 0 Å². The Hall–Kier alpha value is -1.69. The van der Waals surface area contributed by atoms with E-state index in [1.54, 1.807) is 16.8 Å². The summed E-state index contributed by atoms with van der Waals surface area (Å²) in [4.78, 5) is 12.1. The number of benzene rings is 1. The molecule has 0 spiro atoms. The summed E-state index contributed by atoms with van der Waals surface area (Å²) in [6.07, 6.45) is 5.98. The molecule has 22 heavy (non-hydrogen) atoms. The monoisotopic (exact) mass is 365 g/mol. The van der Waals surface area contributed by atoms with E-state index in [0.717, 1.165) is 35.7 Å². The molecule has 1 heterocycles. The van der Waals surface area contributed by atoms with Crippen LogP contribution in [0.3, 0.4) is 0 Å². The van der Waals surface area contributed by atoms with Crippen LogP contribution in [0.25, 0.3) is 0 Å². The third-order valence-corrected chi connectivity index (χ3v) is 4.52. The first-order chi connectivity index (χ1) is 10.6. The molecule has 6 heteroatoms. The van der Waals surface area contributed by atoms with Gasteiger partial charge in [-0.2, -0.15) is 5.10 Å². The lowest BCUT2D eigenvalue weighted by Crippen LogP contribution is -2.20. The number of amides is 1. The van der Waals surface area contributed by atoms with Crippen LogP contribution in [0.1, 0.15) is 31.2 Å². The van der Waals surface area contributed by atoms with E-state index in [2.05, 4.69) is 26.3 Å². The molecule has 1 N–H and O–H groups in total. The van der Waals surface area contributed by atoms with Gasteiger partial charge in [0.15, 0.2) is 5.82 Å². The van der Waals surface area contributed by atoms with Gasteiger partial charge in [0, 0.05) is 12.1 Å². The highest BCUT2D eigenvalue weighted by Crippen LogP contribution is 2.27. The molecule has 2 aromatic rings. The molecule has 0 aliphatic heterocycles. The molecule has 1 aromatic heterocycles. The summed E-state index contributed by atoms with van der Waals surface area (Å²) in [7, 11) is 0. The average molecular weight is 366 g/mol. The molecular formula is C16H17BrFN3O. The van der Waals surface area contributed by atoms with Gasteiger partial charge in [-0.1, -0.05) is 25.0 Å². The maximum Gasteiger partial charge on any atom is 0.228 e. The van der Waals surface area contributed by atoms with Crippen LogP contribution in [0.5, 0.6) is 0 Å². The third kappa shape index (κ3) is 3.55. The van der Waals surface area contributed by atoms with Crippen molar-refractivity contribution in [3.8, 4) is 0 Å². The smallest absolute Gasteiger partial charge is 0.228 e. The molecule has 116 valence electrons. The Bertz CT molecular complexity index is 663. The van der Waals surface area contributed by atoms with Crippen LogP contribution in [0.15, 0.2) is 34.9 Å². The highest BCUT2D eigenvalue weighted by Gasteiger charge is 2.23. The van der Waals surface area contributed by atoms with Crippen molar-refractivity contribution < 1.29 is 9.18 Å². The molecular weight excluding hydrogens is 349 g/mol. The second-order valence-corrected chi connectivity index (χ2v) is 6.47. The second-order valence-electron chi connectivity index (χ2n) is 5.62. The van der Waals surface area contributed by atoms with Crippen molar-refractivity contribution in [1.82, 2.24) is 9.78 Å². The first-order valence-corrected chi connectivity index (χ1v) is 8.19. The molecule has 0 saturated heterocycles. The molecule has 3 rings (SSSR count). The van der Waals surface area contributed by atoms with E-state index in [9.17, 15) is 9.18 Å². The van der Waals surface area contributed by atoms with Gasteiger partial charge in [-0.25, -0.2) is 4.39 Å². The summed E-state index contributed by atoms with van der Waals surface area (Å²) in [5, 5.41) is 7.27. The minimum absolute atomic E-state index is 0.0465. The molecule has 1 amide bonds. The van der Waals surface area contributed by atoms with Gasteiger partial charge in [-0.3, -0.25) is 9.48 Å². The standard InChI is InChI=1S/C16H17BrFN3O/c17-14-10-21(9-11-5-7-13(18)8-6-11)20-15(14)19-16(22)12-3-1-2-4-12/h5-8,10,12H,1-4,9H2,(H,19,20,22). The predicted molar refractivity (Wildman–Crippen MR) is 86.0 cm³/mol. The van der Waals surface area contributed by atoms with E-state index in [-0.39, 0.29) is 17.6 Å². The van der Waals surface area contributed by atoms with Gasteiger partial charge in [-0.05, 0) is 46.5 Å². The normalized spacial score (nSPS) is 15.2. The highest BCUT2D eigenvalue weighted by molar-refractivity contribution is 9.10. The van der Waals surface area contributed by atoms with Gasteiger partial charge >= 0.3 is 0 Å². The third-order valence-electron chi connectivity index (χ3n) is 3.94. The van der Waals surface area contributed by atoms with Gasteiger partial charge < -0.3 is 5.32 Å². The Morgan fingerprint density at radius 3 is 2.68 bits per heavy atom. The zero-order valence-electron chi connectivity index (χ0n) is 12.1. The highest BCUT2D eigenvalue weighted by atomic mass is 79.9. The van der Waals surface area contributed by atoms with Gasteiger partial charge in [0.05, 0.1) is 11.0 Å². The number of anilines is 1. The summed E-state index contributed by atoms with van der Waals surface area (Å²) in [6.45, 7) is 0.526. The first kappa shape index (κ1) is 15.2. The summed E-state index contributed by atoms with van der Waals surface area (Å²) in [5.41, 5.74) is 0.949. The Morgan fingerprint density at radius 1 is 1.32 bits per heavy atom. The second kappa shape index (κ2) is 6.60. The number of carbonyl (C=O) groups excluding carboxylic acids is 1. The number of aromatic nitrogens is 2. The molecule has 0 unspecified atom stereocenters. The van der Waals surface area contributed by atoms with Crippen LogP contribution in [-0.2, 0) is 11.3 Å². The molecule has 0 bridgehead atoms. The van der Waals surface area contributed by atoms with Crippen molar-refractivity contribution in [3.05, 3.63) is 46.3 Å². The lowest BCUT2D eigenvalue weighted by atomic mass is 10.1. The Labute approximate surface area is 136 Å². The lowest BCUT2D eigenvalue weighted by Gasteiger charge is -2.08. The Kier molecular flexibility index (Phi) is 4.57. The topological polar surface area (TPSA) is 46.9 Å². The van der Waals surface area contributed by atoms with E-state index in [4.69, 9.17) is 0 Å². The predicted octanol–water partition coefficient (Wildman–Crippen LogP) is 3.96. The average Bonchev–Trinajstić information content (AvgIpc) is 3.12. The van der Waals surface area contributed by atoms with Crippen molar-refractivity contribution >= 4 is 27.7 Å². The van der Waals surface area contributed by atoms with Crippen LogP contribution < -0.4 is 5.32 Å². The van der Waals surface area contributed by atoms with Crippen molar-refractivity contribution in [3.63, 3.8) is 0 Å². The Balaban J connectivity index is 1.67. The molecule has 1 saturated carbocycles. The zero-order chi connectivity index (χ0) is 15.5. The van der Waals surface area contributed by atoms with Crippen LogP contribution in [-0.4, -0.2) is 15.7 Å². The van der Waals surface area contributed by atoms with Crippen LogP contribution in [0.4, 0.5) is 10.2 Å². The fourth-order valence-corrected chi connectivity index (χ4v) is 3.16. The molecule has 4 nitrogen and oxygen atoms in total. The number of hydrogen-bond acceptors (Lipinski definition) is 2. The molecule has 0 radical (unpaired) electrons. The molecule has 1 aliphatic carbocycles. The Morgan fingerprint density at radius 2 is 2.00 bits per heavy atom. The van der Waals surface area contributed by atoms with E-state index < -0.39 is 0 Å². The number of nitrogens with one attached hydrogen (secondary N) is 1. The first-order valence-electron chi connectivity index (χ1n) is 7.40. The van der Waals surface area contributed by atoms with Crippen molar-refractivity contribution in [2.24, 2.45) is 5.92 Å². The van der Waals surface area contributed by atoms with E-state index >= 15 is 0 Å². The van der Waals surface area contributed by atoms with Gasteiger partial charge in [0.2, 0.25) is 5.91 Å². The summed E-state index contributed by atoms with van der Waals surface area (Å²) in [5.74, 6) is 0.438. The maximum atomic E-state index is 12.9. The number of nitrogens with zero attached hydrogens (tertiary/aromatic N) is 2. The molecule has 1 aromatic carbocycles. The number of rotatable bonds is 4. The van der Waals surface area contributed by atoms with E-state index in [1.165, 1.54) is 12.1 Å².